The van der Waals surface area contributed by atoms with Crippen LogP contribution in [-0.2, 0) is 29.1 Å². The molecule has 1 aromatic carbocycles. The van der Waals surface area contributed by atoms with Gasteiger partial charge < -0.3 is 29.5 Å². The van der Waals surface area contributed by atoms with E-state index in [0.717, 1.165) is 11.0 Å². The molecular formula is C41H50F5N5O10S. The number of nitrogens with one attached hydrogen (secondary N) is 2. The Balaban J connectivity index is 1.31. The fourth-order valence-corrected chi connectivity index (χ4v) is 10.7. The molecule has 3 aliphatic heterocycles. The molecule has 3 N–H and O–H groups in total. The predicted octanol–water partition coefficient (Wildman–Crippen LogP) is 5.37. The van der Waals surface area contributed by atoms with E-state index in [9.17, 15) is 36.7 Å². The SMILES string of the molecule is COc1cc2ccnc(O[C@@H]3C[C@H]4C(=O)N[C@]5(C(=O)NS(=O)(=O)C6(CF)CC6)C[C@H]5C=CCC[C@H](C)C[C@@H](C)[C@H](N(C(=O)O)C5(C(F)(F)F)CCCCO5)C(=O)N4C3)c2cc1F. The normalized spacial score (nSPS) is 31.5. The Morgan fingerprint density at radius 2 is 1.89 bits per heavy atom. The number of aromatic nitrogens is 1. The molecule has 21 heteroatoms. The Kier molecular flexibility index (Phi) is 12.2. The smallest absolute Gasteiger partial charge is 0.437 e. The van der Waals surface area contributed by atoms with Gasteiger partial charge in [-0.15, -0.1) is 0 Å². The number of hydrogen-bond acceptors (Lipinski definition) is 10. The number of alkyl halides is 4. The van der Waals surface area contributed by atoms with Crippen LogP contribution in [0.2, 0.25) is 0 Å². The molecule has 0 bridgehead atoms. The van der Waals surface area contributed by atoms with Gasteiger partial charge in [0.2, 0.25) is 33.4 Å². The van der Waals surface area contributed by atoms with Crippen molar-refractivity contribution in [3.05, 3.63) is 42.4 Å². The molecule has 8 atom stereocenters. The fraction of sp³-hybridized carbons (Fsp3) is 0.634. The molecule has 5 aliphatic rings. The lowest BCUT2D eigenvalue weighted by molar-refractivity contribution is -0.341. The Labute approximate surface area is 354 Å². The van der Waals surface area contributed by atoms with Crippen LogP contribution >= 0.6 is 0 Å². The van der Waals surface area contributed by atoms with Crippen LogP contribution in [0, 0.1) is 23.6 Å². The number of sulfonamides is 1. The number of pyridine rings is 1. The maximum Gasteiger partial charge on any atom is 0.437 e. The molecule has 62 heavy (non-hydrogen) atoms. The standard InChI is InChI=1S/C41H50F5N5O10S/c1-23-8-4-5-9-26-20-39(26,36(54)49-62(57,58)38(22-42)12-13-38)48-33(52)30-18-27(61-34-28-19-29(43)31(59-3)17-25(28)10-14-47-34)21-50(30)35(53)32(24(2)16-23)51(37(55)56)40(41(44,45)46)11-6-7-15-60-40/h5,9-10,14,17,19,23-24,26-27,30,32H,4,6-8,11-13,15-16,18,20-22H2,1-3H3,(H,48,52)(H,49,54)(H,55,56)/t23-,24+,26+,27+,30-,32-,39+,40?/m0/s1. The van der Waals surface area contributed by atoms with Gasteiger partial charge in [0.25, 0.3) is 5.91 Å². The largest absolute Gasteiger partial charge is 0.494 e. The van der Waals surface area contributed by atoms with Gasteiger partial charge in [-0.3, -0.25) is 24.0 Å². The van der Waals surface area contributed by atoms with Crippen molar-refractivity contribution < 1.29 is 68.9 Å². The highest BCUT2D eigenvalue weighted by Crippen LogP contribution is 2.49. The maximum absolute atomic E-state index is 15.3. The first-order valence-electron chi connectivity index (χ1n) is 20.7. The lowest BCUT2D eigenvalue weighted by Crippen LogP contribution is -2.70. The summed E-state index contributed by atoms with van der Waals surface area (Å²) in [6, 6.07) is 0.372. The molecule has 2 aliphatic carbocycles. The van der Waals surface area contributed by atoms with E-state index < -0.39 is 118 Å². The van der Waals surface area contributed by atoms with Crippen LogP contribution in [0.25, 0.3) is 10.8 Å². The van der Waals surface area contributed by atoms with Crippen LogP contribution in [0.15, 0.2) is 36.5 Å². The van der Waals surface area contributed by atoms with Crippen molar-refractivity contribution in [2.75, 3.05) is 26.9 Å². The second-order valence-electron chi connectivity index (χ2n) is 17.3. The minimum Gasteiger partial charge on any atom is -0.494 e. The van der Waals surface area contributed by atoms with E-state index in [1.807, 2.05) is 4.72 Å². The molecule has 2 saturated heterocycles. The Bertz CT molecular complexity index is 2240. The fourth-order valence-electron chi connectivity index (χ4n) is 9.28. The van der Waals surface area contributed by atoms with Crippen molar-refractivity contribution in [3.63, 3.8) is 0 Å². The maximum atomic E-state index is 15.3. The van der Waals surface area contributed by atoms with Gasteiger partial charge in [0.15, 0.2) is 11.6 Å². The average Bonchev–Trinajstić information content (AvgIpc) is 4.12. The van der Waals surface area contributed by atoms with Gasteiger partial charge in [-0.05, 0) is 86.8 Å². The van der Waals surface area contributed by atoms with E-state index in [-0.39, 0.29) is 72.8 Å². The summed E-state index contributed by atoms with van der Waals surface area (Å²) in [7, 11) is -3.27. The van der Waals surface area contributed by atoms with Crippen LogP contribution in [0.5, 0.6) is 11.6 Å². The van der Waals surface area contributed by atoms with E-state index in [4.69, 9.17) is 14.2 Å². The topological polar surface area (TPSA) is 194 Å². The zero-order chi connectivity index (χ0) is 45.0. The Morgan fingerprint density at radius 1 is 1.15 bits per heavy atom. The van der Waals surface area contributed by atoms with Crippen LogP contribution in [0.4, 0.5) is 26.7 Å². The number of ether oxygens (including phenoxy) is 3. The van der Waals surface area contributed by atoms with Gasteiger partial charge in [0.05, 0.1) is 13.7 Å². The van der Waals surface area contributed by atoms with Gasteiger partial charge in [0, 0.05) is 36.9 Å². The van der Waals surface area contributed by atoms with Crippen molar-refractivity contribution >= 4 is 44.6 Å². The Morgan fingerprint density at radius 3 is 2.52 bits per heavy atom. The second-order valence-corrected chi connectivity index (χ2v) is 19.4. The number of rotatable bonds is 9. The van der Waals surface area contributed by atoms with Crippen molar-refractivity contribution in [3.8, 4) is 11.6 Å². The number of amides is 4. The number of carbonyl (C=O) groups is 4. The number of allylic oxidation sites excluding steroid dienone is 1. The number of carbonyl (C=O) groups excluding carboxylic acids is 3. The lowest BCUT2D eigenvalue weighted by atomic mass is 9.85. The zero-order valence-electron chi connectivity index (χ0n) is 34.4. The molecule has 4 amide bonds. The van der Waals surface area contributed by atoms with Crippen LogP contribution in [0.1, 0.15) is 78.1 Å². The predicted molar refractivity (Wildman–Crippen MR) is 210 cm³/mol. The summed E-state index contributed by atoms with van der Waals surface area (Å²) in [5.41, 5.74) is -5.31. The number of methoxy groups -OCH3 is 1. The molecule has 340 valence electrons. The summed E-state index contributed by atoms with van der Waals surface area (Å²) in [6.45, 7) is 1.08. The molecular weight excluding hydrogens is 850 g/mol. The molecule has 2 saturated carbocycles. The molecule has 1 unspecified atom stereocenters. The van der Waals surface area contributed by atoms with Crippen molar-refractivity contribution in [1.82, 2.24) is 24.8 Å². The van der Waals surface area contributed by atoms with Crippen LogP contribution in [-0.4, -0.2) is 119 Å². The van der Waals surface area contributed by atoms with Gasteiger partial charge in [-0.1, -0.05) is 26.0 Å². The molecule has 1 aromatic heterocycles. The van der Waals surface area contributed by atoms with Crippen molar-refractivity contribution in [1.29, 1.82) is 0 Å². The first-order chi connectivity index (χ1) is 29.2. The van der Waals surface area contributed by atoms with E-state index >= 15 is 18.0 Å². The van der Waals surface area contributed by atoms with Gasteiger partial charge in [-0.2, -0.15) is 13.2 Å². The van der Waals surface area contributed by atoms with E-state index in [0.29, 0.717) is 18.2 Å². The third-order valence-electron chi connectivity index (χ3n) is 13.1. The van der Waals surface area contributed by atoms with Crippen molar-refractivity contribution in [2.24, 2.45) is 17.8 Å². The highest BCUT2D eigenvalue weighted by atomic mass is 32.2. The summed E-state index contributed by atoms with van der Waals surface area (Å²) in [6.07, 6.45) is -4.07. The highest BCUT2D eigenvalue weighted by molar-refractivity contribution is 7.91. The van der Waals surface area contributed by atoms with E-state index in [1.165, 1.54) is 26.3 Å². The molecule has 2 aromatic rings. The quantitative estimate of drug-likeness (QED) is 0.216. The molecule has 0 radical (unpaired) electrons. The molecule has 7 rings (SSSR count). The summed E-state index contributed by atoms with van der Waals surface area (Å²) >= 11 is 0. The number of carboxylic acid groups (broad SMARTS) is 1. The third-order valence-corrected chi connectivity index (χ3v) is 15.2. The molecule has 4 fully saturated rings. The molecule has 4 heterocycles. The Hall–Kier alpha value is -4.79. The number of hydrogen-bond donors (Lipinski definition) is 3. The third kappa shape index (κ3) is 8.14. The first-order valence-corrected chi connectivity index (χ1v) is 22.1. The van der Waals surface area contributed by atoms with Gasteiger partial charge >= 0.3 is 12.3 Å². The summed E-state index contributed by atoms with van der Waals surface area (Å²) < 4.78 is 118. The number of nitrogens with zero attached hydrogens (tertiary/aromatic N) is 3. The summed E-state index contributed by atoms with van der Waals surface area (Å²) in [4.78, 5) is 62.4. The second kappa shape index (κ2) is 16.7. The minimum atomic E-state index is -5.30. The average molecular weight is 900 g/mol. The minimum absolute atomic E-state index is 0.0210. The number of benzene rings is 1. The van der Waals surface area contributed by atoms with E-state index in [1.54, 1.807) is 25.1 Å². The molecule has 15 nitrogen and oxygen atoms in total. The lowest BCUT2D eigenvalue weighted by Gasteiger charge is -2.49. The zero-order valence-corrected chi connectivity index (χ0v) is 35.2. The molecule has 0 spiro atoms. The number of fused-ring (bicyclic) bond motifs is 3. The number of halogens is 5. The van der Waals surface area contributed by atoms with Crippen LogP contribution < -0.4 is 19.5 Å². The highest BCUT2D eigenvalue weighted by Gasteiger charge is 2.67. The van der Waals surface area contributed by atoms with Crippen molar-refractivity contribution in [2.45, 2.75) is 118 Å². The van der Waals surface area contributed by atoms with E-state index in [2.05, 4.69) is 10.3 Å². The summed E-state index contributed by atoms with van der Waals surface area (Å²) in [5, 5.41) is 14.0. The van der Waals surface area contributed by atoms with Gasteiger partial charge in [-0.25, -0.2) is 27.0 Å². The first kappa shape index (κ1) is 45.2. The summed E-state index contributed by atoms with van der Waals surface area (Å²) in [5.74, 6) is -6.37. The van der Waals surface area contributed by atoms with Gasteiger partial charge in [0.1, 0.15) is 35.1 Å². The monoisotopic (exact) mass is 899 g/mol. The van der Waals surface area contributed by atoms with Crippen LogP contribution in [0.3, 0.4) is 0 Å².